The molecule has 0 unspecified atom stereocenters. The zero-order valence-electron chi connectivity index (χ0n) is 33.9. The summed E-state index contributed by atoms with van der Waals surface area (Å²) in [7, 11) is -5.83. The Labute approximate surface area is 301 Å². The summed E-state index contributed by atoms with van der Waals surface area (Å²) < 4.78 is 27.8. The van der Waals surface area contributed by atoms with Gasteiger partial charge in [0.25, 0.3) is 0 Å². The maximum atomic E-state index is 11.0. The van der Waals surface area contributed by atoms with Crippen LogP contribution in [0.5, 0.6) is 0 Å². The maximum absolute atomic E-state index is 11.0. The normalized spacial score (nSPS) is 22.0. The average molecular weight is 723 g/mol. The zero-order chi connectivity index (χ0) is 36.4. The third-order valence-electron chi connectivity index (χ3n) is 12.5. The quantitative estimate of drug-likeness (QED) is 0.136. The summed E-state index contributed by atoms with van der Waals surface area (Å²) in [4.78, 5) is 0. The van der Waals surface area contributed by atoms with E-state index >= 15 is 0 Å². The molecule has 6 atom stereocenters. The number of aliphatic hydroxyl groups excluding tert-OH is 1. The van der Waals surface area contributed by atoms with Crippen molar-refractivity contribution < 1.29 is 23.1 Å². The molecule has 1 fully saturated rings. The van der Waals surface area contributed by atoms with Gasteiger partial charge in [0, 0.05) is 19.1 Å². The van der Waals surface area contributed by atoms with Gasteiger partial charge in [-0.15, -0.1) is 0 Å². The molecule has 1 N–H and O–H groups in total. The lowest BCUT2D eigenvalue weighted by Crippen LogP contribution is -2.53. The van der Waals surface area contributed by atoms with E-state index < -0.39 is 25.0 Å². The first kappa shape index (κ1) is 43.8. The highest BCUT2D eigenvalue weighted by Gasteiger charge is 2.47. The van der Waals surface area contributed by atoms with E-state index in [1.54, 1.807) is 0 Å². The lowest BCUT2D eigenvalue weighted by molar-refractivity contribution is -0.0228. The van der Waals surface area contributed by atoms with E-state index in [0.29, 0.717) is 18.4 Å². The predicted octanol–water partition coefficient (Wildman–Crippen LogP) is 11.6. The maximum Gasteiger partial charge on any atom is 0.192 e. The van der Waals surface area contributed by atoms with Gasteiger partial charge in [0.2, 0.25) is 0 Å². The Bertz CT molecular complexity index is 1020. The molecular weight excluding hydrogens is 645 g/mol. The molecule has 0 spiro atoms. The molecule has 280 valence electrons. The van der Waals surface area contributed by atoms with Gasteiger partial charge in [-0.25, -0.2) is 0 Å². The Hall–Kier alpha value is -0.329. The first-order valence-corrected chi connectivity index (χ1v) is 27.8. The molecule has 1 aromatic rings. The van der Waals surface area contributed by atoms with E-state index in [-0.39, 0.29) is 40.9 Å². The monoisotopic (exact) mass is 723 g/mol. The van der Waals surface area contributed by atoms with Crippen molar-refractivity contribution in [1.82, 2.24) is 0 Å². The minimum atomic E-state index is -2.00. The van der Waals surface area contributed by atoms with E-state index in [9.17, 15) is 5.11 Å². The van der Waals surface area contributed by atoms with Gasteiger partial charge in [0.15, 0.2) is 25.0 Å². The SMILES string of the molecule is CC[Si](CC)(CC)O[C@@H](CC[C@H](C)COCc1ccccc1)[C@H](CO)C[C@@H]1CC[C@@H](O[Si](C)(C)C(C)(C)C)[C@H](O[Si](C)(C)C(C)(C)C)C1. The number of aliphatic hydroxyl groups is 1. The number of rotatable bonds is 20. The molecule has 2 rings (SSSR count). The molecule has 1 aromatic carbocycles. The van der Waals surface area contributed by atoms with Crippen LogP contribution in [0.2, 0.25) is 54.4 Å². The largest absolute Gasteiger partial charge is 0.414 e. The molecule has 0 aromatic heterocycles. The van der Waals surface area contributed by atoms with Crippen molar-refractivity contribution in [2.24, 2.45) is 17.8 Å². The number of ether oxygens (including phenoxy) is 1. The van der Waals surface area contributed by atoms with Crippen molar-refractivity contribution in [3.05, 3.63) is 35.9 Å². The van der Waals surface area contributed by atoms with Gasteiger partial charge in [0.05, 0.1) is 24.9 Å². The molecule has 8 heteroatoms. The standard InChI is InChI=1S/C40H78O5Si3/c1-15-48(16-2,17-3)45-36(25-23-32(4)30-42-31-33-21-19-18-20-22-33)35(29-41)27-34-24-26-37(43-46(11,12)39(5,6)7)38(28-34)44-47(13,14)40(8,9)10/h18-22,32,34-38,41H,15-17,23-31H2,1-14H3/t32-,34-,35-,36-,37+,38+/m0/s1. The van der Waals surface area contributed by atoms with E-state index in [4.69, 9.17) is 18.0 Å². The molecule has 1 aliphatic rings. The third kappa shape index (κ3) is 13.0. The van der Waals surface area contributed by atoms with Gasteiger partial charge in [-0.2, -0.15) is 0 Å². The molecule has 1 saturated carbocycles. The van der Waals surface area contributed by atoms with Crippen molar-refractivity contribution >= 4 is 25.0 Å². The Morgan fingerprint density at radius 2 is 1.33 bits per heavy atom. The van der Waals surface area contributed by atoms with Crippen LogP contribution in [0.25, 0.3) is 0 Å². The first-order chi connectivity index (χ1) is 22.2. The summed E-state index contributed by atoms with van der Waals surface area (Å²) in [6.45, 7) is 34.4. The summed E-state index contributed by atoms with van der Waals surface area (Å²) >= 11 is 0. The Balaban J connectivity index is 2.23. The van der Waals surface area contributed by atoms with Crippen LogP contribution in [0.1, 0.15) is 113 Å². The summed E-state index contributed by atoms with van der Waals surface area (Å²) in [5.74, 6) is 1.07. The van der Waals surface area contributed by atoms with Gasteiger partial charge < -0.3 is 23.1 Å². The van der Waals surface area contributed by atoms with Gasteiger partial charge in [-0.05, 0) is 110 Å². The van der Waals surface area contributed by atoms with Crippen molar-refractivity contribution in [3.8, 4) is 0 Å². The van der Waals surface area contributed by atoms with Gasteiger partial charge in [0.1, 0.15) is 0 Å². The molecule has 1 aliphatic carbocycles. The van der Waals surface area contributed by atoms with Crippen LogP contribution < -0.4 is 0 Å². The van der Waals surface area contributed by atoms with Crippen LogP contribution in [0.3, 0.4) is 0 Å². The molecular formula is C40H78O5Si3. The smallest absolute Gasteiger partial charge is 0.192 e. The Morgan fingerprint density at radius 3 is 1.83 bits per heavy atom. The van der Waals surface area contributed by atoms with Crippen LogP contribution in [0.15, 0.2) is 30.3 Å². The zero-order valence-corrected chi connectivity index (χ0v) is 36.9. The summed E-state index contributed by atoms with van der Waals surface area (Å²) in [6, 6.07) is 13.8. The fraction of sp³-hybridized carbons (Fsp3) is 0.850. The molecule has 0 bridgehead atoms. The lowest BCUT2D eigenvalue weighted by Gasteiger charge is -2.48. The van der Waals surface area contributed by atoms with Crippen LogP contribution in [-0.4, -0.2) is 61.6 Å². The molecule has 0 heterocycles. The molecule has 0 amide bonds. The van der Waals surface area contributed by atoms with Crippen molar-refractivity contribution in [2.75, 3.05) is 13.2 Å². The Kier molecular flexibility index (Phi) is 17.3. The second-order valence-electron chi connectivity index (χ2n) is 18.3. The number of hydrogen-bond acceptors (Lipinski definition) is 5. The highest BCUT2D eigenvalue weighted by Crippen LogP contribution is 2.45. The van der Waals surface area contributed by atoms with Crippen LogP contribution in [0, 0.1) is 17.8 Å². The van der Waals surface area contributed by atoms with Gasteiger partial charge in [-0.1, -0.05) is 99.6 Å². The topological polar surface area (TPSA) is 57.2 Å². The molecule has 0 aliphatic heterocycles. The van der Waals surface area contributed by atoms with Gasteiger partial charge >= 0.3 is 0 Å². The average Bonchev–Trinajstić information content (AvgIpc) is 3.01. The van der Waals surface area contributed by atoms with E-state index in [0.717, 1.165) is 63.3 Å². The van der Waals surface area contributed by atoms with Crippen molar-refractivity contribution in [3.63, 3.8) is 0 Å². The van der Waals surface area contributed by atoms with Crippen LogP contribution >= 0.6 is 0 Å². The van der Waals surface area contributed by atoms with Gasteiger partial charge in [-0.3, -0.25) is 0 Å². The first-order valence-electron chi connectivity index (χ1n) is 19.5. The Morgan fingerprint density at radius 1 is 0.792 bits per heavy atom. The van der Waals surface area contributed by atoms with E-state index in [2.05, 4.69) is 120 Å². The minimum Gasteiger partial charge on any atom is -0.414 e. The fourth-order valence-electron chi connectivity index (χ4n) is 6.74. The second kappa shape index (κ2) is 19.0. The number of hydrogen-bond donors (Lipinski definition) is 1. The predicted molar refractivity (Wildman–Crippen MR) is 213 cm³/mol. The molecule has 0 radical (unpaired) electrons. The highest BCUT2D eigenvalue weighted by molar-refractivity contribution is 6.75. The summed E-state index contributed by atoms with van der Waals surface area (Å²) in [5.41, 5.74) is 1.22. The second-order valence-corrected chi connectivity index (χ2v) is 32.5. The van der Waals surface area contributed by atoms with Crippen molar-refractivity contribution in [2.45, 2.75) is 187 Å². The minimum absolute atomic E-state index is 0.0825. The lowest BCUT2D eigenvalue weighted by atomic mass is 9.78. The van der Waals surface area contributed by atoms with E-state index in [1.807, 2.05) is 6.07 Å². The fourth-order valence-corrected chi connectivity index (χ4v) is 12.4. The highest BCUT2D eigenvalue weighted by atomic mass is 28.4. The number of benzene rings is 1. The summed E-state index contributed by atoms with van der Waals surface area (Å²) in [6.07, 6.45) is 6.52. The summed E-state index contributed by atoms with van der Waals surface area (Å²) in [5, 5.41) is 11.3. The molecule has 0 saturated heterocycles. The van der Waals surface area contributed by atoms with E-state index in [1.165, 1.54) is 5.56 Å². The molecule has 48 heavy (non-hydrogen) atoms. The molecule has 5 nitrogen and oxygen atoms in total. The van der Waals surface area contributed by atoms with Crippen LogP contribution in [-0.2, 0) is 24.6 Å². The van der Waals surface area contributed by atoms with Crippen molar-refractivity contribution in [1.29, 1.82) is 0 Å². The third-order valence-corrected chi connectivity index (χ3v) is 26.2. The van der Waals surface area contributed by atoms with Crippen LogP contribution in [0.4, 0.5) is 0 Å².